The van der Waals surface area contributed by atoms with E-state index in [1.165, 1.54) is 12.1 Å². The molecule has 3 atom stereocenters. The van der Waals surface area contributed by atoms with E-state index in [0.717, 1.165) is 28.9 Å². The van der Waals surface area contributed by atoms with Crippen LogP contribution in [0.25, 0.3) is 0 Å². The van der Waals surface area contributed by atoms with Gasteiger partial charge in [0.25, 0.3) is 5.69 Å². The van der Waals surface area contributed by atoms with Crippen molar-refractivity contribution in [3.8, 4) is 0 Å². The Bertz CT molecular complexity index is 1410. The summed E-state index contributed by atoms with van der Waals surface area (Å²) in [6.45, 7) is 2.11. The molecule has 0 spiro atoms. The number of nitrogens with zero attached hydrogens (tertiary/aromatic N) is 1. The highest BCUT2D eigenvalue weighted by Gasteiger charge is 2.62. The Morgan fingerprint density at radius 1 is 1.03 bits per heavy atom. The number of non-ortho nitro benzene ring substituents is 1. The summed E-state index contributed by atoms with van der Waals surface area (Å²) in [6, 6.07) is 22.2. The minimum Gasteiger partial charge on any atom is -0.379 e. The zero-order valence-corrected chi connectivity index (χ0v) is 19.9. The maximum absolute atomic E-state index is 14.1. The van der Waals surface area contributed by atoms with Gasteiger partial charge in [0.05, 0.1) is 21.2 Å². The molecule has 2 aliphatic rings. The van der Waals surface area contributed by atoms with Gasteiger partial charge in [-0.1, -0.05) is 48.5 Å². The number of nitrogens with one attached hydrogen (secondary N) is 2. The fraction of sp³-hybridized carbons (Fsp3) is 0.269. The van der Waals surface area contributed by atoms with Crippen LogP contribution in [0.2, 0.25) is 0 Å². The maximum atomic E-state index is 14.1. The molecule has 0 amide bonds. The standard InChI is InChI=1S/C26H25N3O5S/c1-25-17-26(21-9-5-6-10-22(21)28-25,24(30)23(25)18-7-3-2-4-8-18)15-16-27-35(33,34)20-13-11-19(12-14-20)29(31)32/h2-14,23,27-28H,15-17H2,1H3/t23-,25+,26+/m0/s1. The summed E-state index contributed by atoms with van der Waals surface area (Å²) in [5, 5.41) is 14.5. The van der Waals surface area contributed by atoms with Crippen LogP contribution >= 0.6 is 0 Å². The molecule has 0 unspecified atom stereocenters. The number of sulfonamides is 1. The molecule has 1 fully saturated rings. The van der Waals surface area contributed by atoms with Crippen molar-refractivity contribution in [2.75, 3.05) is 11.9 Å². The van der Waals surface area contributed by atoms with Crippen molar-refractivity contribution in [1.82, 2.24) is 4.72 Å². The number of hydrogen-bond acceptors (Lipinski definition) is 6. The first-order valence-corrected chi connectivity index (χ1v) is 12.9. The Balaban J connectivity index is 1.45. The summed E-state index contributed by atoms with van der Waals surface area (Å²) in [5.41, 5.74) is 1.19. The quantitative estimate of drug-likeness (QED) is 0.379. The lowest BCUT2D eigenvalue weighted by atomic mass is 9.71. The third-order valence-electron chi connectivity index (χ3n) is 7.24. The largest absolute Gasteiger partial charge is 0.379 e. The zero-order chi connectivity index (χ0) is 24.8. The van der Waals surface area contributed by atoms with Gasteiger partial charge in [0, 0.05) is 29.9 Å². The summed E-state index contributed by atoms with van der Waals surface area (Å²) in [6.07, 6.45) is 0.852. The SMILES string of the molecule is C[C@@]12C[C@@](CCNS(=O)(=O)c3ccc([N+](=O)[O-])cc3)(C(=O)[C@@H]1c1ccccc1)c1ccccc1N2. The van der Waals surface area contributed by atoms with Gasteiger partial charge in [0.2, 0.25) is 10.0 Å². The molecule has 1 aliphatic carbocycles. The third-order valence-corrected chi connectivity index (χ3v) is 8.71. The topological polar surface area (TPSA) is 118 Å². The van der Waals surface area contributed by atoms with Crippen LogP contribution in [0, 0.1) is 10.1 Å². The van der Waals surface area contributed by atoms with Gasteiger partial charge in [-0.15, -0.1) is 0 Å². The molecular formula is C26H25N3O5S. The Labute approximate surface area is 203 Å². The van der Waals surface area contributed by atoms with Gasteiger partial charge in [-0.25, -0.2) is 13.1 Å². The minimum absolute atomic E-state index is 0.0526. The molecule has 1 heterocycles. The molecule has 0 aromatic heterocycles. The Morgan fingerprint density at radius 2 is 1.69 bits per heavy atom. The monoisotopic (exact) mass is 491 g/mol. The van der Waals surface area contributed by atoms with E-state index < -0.39 is 25.9 Å². The van der Waals surface area contributed by atoms with E-state index >= 15 is 0 Å². The second-order valence-electron chi connectivity index (χ2n) is 9.45. The highest BCUT2D eigenvalue weighted by molar-refractivity contribution is 7.89. The normalized spacial score (nSPS) is 25.1. The predicted octanol–water partition coefficient (Wildman–Crippen LogP) is 4.14. The van der Waals surface area contributed by atoms with Gasteiger partial charge in [-0.05, 0) is 49.1 Å². The predicted molar refractivity (Wildman–Crippen MR) is 132 cm³/mol. The van der Waals surface area contributed by atoms with Gasteiger partial charge in [0.1, 0.15) is 0 Å². The van der Waals surface area contributed by atoms with Crippen LogP contribution in [0.4, 0.5) is 11.4 Å². The van der Waals surface area contributed by atoms with Crippen LogP contribution < -0.4 is 10.0 Å². The van der Waals surface area contributed by atoms with E-state index in [2.05, 4.69) is 17.0 Å². The number of nitro groups is 1. The van der Waals surface area contributed by atoms with Crippen molar-refractivity contribution in [1.29, 1.82) is 0 Å². The van der Waals surface area contributed by atoms with Crippen LogP contribution in [-0.4, -0.2) is 31.2 Å². The van der Waals surface area contributed by atoms with Crippen LogP contribution in [0.1, 0.15) is 36.8 Å². The molecule has 180 valence electrons. The fourth-order valence-corrected chi connectivity index (χ4v) is 6.82. The average molecular weight is 492 g/mol. The molecule has 8 nitrogen and oxygen atoms in total. The lowest BCUT2D eigenvalue weighted by Gasteiger charge is -2.40. The number of fused-ring (bicyclic) bond motifs is 4. The molecule has 2 N–H and O–H groups in total. The van der Waals surface area contributed by atoms with E-state index in [9.17, 15) is 23.3 Å². The molecule has 2 bridgehead atoms. The van der Waals surface area contributed by atoms with E-state index in [1.54, 1.807) is 0 Å². The first-order valence-electron chi connectivity index (χ1n) is 11.4. The first kappa shape index (κ1) is 23.2. The molecule has 1 aliphatic heterocycles. The van der Waals surface area contributed by atoms with E-state index in [-0.39, 0.29) is 28.8 Å². The molecule has 5 rings (SSSR count). The summed E-state index contributed by atoms with van der Waals surface area (Å²) in [4.78, 5) is 24.4. The van der Waals surface area contributed by atoms with Crippen LogP contribution in [-0.2, 0) is 20.2 Å². The molecule has 3 aromatic rings. The average Bonchev–Trinajstić information content (AvgIpc) is 3.02. The smallest absolute Gasteiger partial charge is 0.269 e. The lowest BCUT2D eigenvalue weighted by molar-refractivity contribution is -0.384. The fourth-order valence-electron chi connectivity index (χ4n) is 5.78. The third kappa shape index (κ3) is 3.81. The molecule has 3 aromatic carbocycles. The summed E-state index contributed by atoms with van der Waals surface area (Å²) in [7, 11) is -3.90. The number of nitro benzene ring substituents is 1. The second-order valence-corrected chi connectivity index (χ2v) is 11.2. The maximum Gasteiger partial charge on any atom is 0.269 e. The number of benzene rings is 3. The van der Waals surface area contributed by atoms with Crippen LogP contribution in [0.5, 0.6) is 0 Å². The number of carbonyl (C=O) groups excluding carboxylic acids is 1. The number of anilines is 1. The Hall–Kier alpha value is -3.56. The van der Waals surface area contributed by atoms with Gasteiger partial charge in [-0.3, -0.25) is 14.9 Å². The molecule has 0 radical (unpaired) electrons. The Kier molecular flexibility index (Phi) is 5.49. The second kappa shape index (κ2) is 8.28. The van der Waals surface area contributed by atoms with Crippen molar-refractivity contribution in [3.05, 3.63) is 100 Å². The highest BCUT2D eigenvalue weighted by Crippen LogP contribution is 2.58. The highest BCUT2D eigenvalue weighted by atomic mass is 32.2. The Morgan fingerprint density at radius 3 is 2.37 bits per heavy atom. The van der Waals surface area contributed by atoms with Gasteiger partial charge < -0.3 is 5.32 Å². The summed E-state index contributed by atoms with van der Waals surface area (Å²) < 4.78 is 28.3. The lowest BCUT2D eigenvalue weighted by Crippen LogP contribution is -2.43. The first-order chi connectivity index (χ1) is 16.7. The van der Waals surface area contributed by atoms with Crippen molar-refractivity contribution < 1.29 is 18.1 Å². The van der Waals surface area contributed by atoms with Crippen molar-refractivity contribution in [2.45, 2.75) is 41.5 Å². The number of para-hydroxylation sites is 1. The number of ketones is 1. The minimum atomic E-state index is -3.90. The van der Waals surface area contributed by atoms with Crippen LogP contribution in [0.15, 0.2) is 83.8 Å². The molecule has 9 heteroatoms. The van der Waals surface area contributed by atoms with Crippen LogP contribution in [0.3, 0.4) is 0 Å². The van der Waals surface area contributed by atoms with Crippen molar-refractivity contribution in [2.24, 2.45) is 0 Å². The molecular weight excluding hydrogens is 466 g/mol. The molecule has 1 saturated carbocycles. The number of hydrogen-bond donors (Lipinski definition) is 2. The number of rotatable bonds is 7. The zero-order valence-electron chi connectivity index (χ0n) is 19.1. The summed E-state index contributed by atoms with van der Waals surface area (Å²) >= 11 is 0. The van der Waals surface area contributed by atoms with Gasteiger partial charge >= 0.3 is 0 Å². The number of Topliss-reactive ketones (excluding diaryl/α,β-unsaturated/α-hetero) is 1. The van der Waals surface area contributed by atoms with Gasteiger partial charge in [-0.2, -0.15) is 0 Å². The number of carbonyl (C=O) groups is 1. The van der Waals surface area contributed by atoms with Gasteiger partial charge in [0.15, 0.2) is 5.78 Å². The van der Waals surface area contributed by atoms with Crippen molar-refractivity contribution in [3.63, 3.8) is 0 Å². The molecule has 0 saturated heterocycles. The summed E-state index contributed by atoms with van der Waals surface area (Å²) in [5.74, 6) is -0.291. The van der Waals surface area contributed by atoms with E-state index in [1.807, 2.05) is 54.6 Å². The van der Waals surface area contributed by atoms with E-state index in [4.69, 9.17) is 0 Å². The van der Waals surface area contributed by atoms with E-state index in [0.29, 0.717) is 12.8 Å². The van der Waals surface area contributed by atoms with Crippen molar-refractivity contribution >= 4 is 27.2 Å². The molecule has 35 heavy (non-hydrogen) atoms.